The molecule has 0 unspecified atom stereocenters. The van der Waals surface area contributed by atoms with E-state index in [4.69, 9.17) is 32.7 Å². The fourth-order valence-electron chi connectivity index (χ4n) is 3.37. The zero-order valence-corrected chi connectivity index (χ0v) is 21.0. The van der Waals surface area contributed by atoms with Crippen molar-refractivity contribution in [2.24, 2.45) is 0 Å². The molecule has 0 heterocycles. The first-order chi connectivity index (χ1) is 15.8. The molecule has 0 bridgehead atoms. The van der Waals surface area contributed by atoms with E-state index in [0.717, 1.165) is 5.56 Å². The average molecular weight is 496 g/mol. The number of hydrogen-bond donors (Lipinski definition) is 1. The molecule has 0 aliphatic carbocycles. The monoisotopic (exact) mass is 495 g/mol. The van der Waals surface area contributed by atoms with Crippen LogP contribution in [0.1, 0.15) is 25.0 Å². The second kappa shape index (κ2) is 13.2. The lowest BCUT2D eigenvalue weighted by atomic mass is 10.1. The minimum atomic E-state index is -0.369. The summed E-state index contributed by atoms with van der Waals surface area (Å²) in [6.45, 7) is 5.44. The van der Waals surface area contributed by atoms with Gasteiger partial charge in [0.25, 0.3) is 0 Å². The fourth-order valence-corrected chi connectivity index (χ4v) is 3.90. The lowest BCUT2D eigenvalue weighted by Gasteiger charge is -2.26. The van der Waals surface area contributed by atoms with E-state index in [9.17, 15) is 9.59 Å². The summed E-state index contributed by atoms with van der Waals surface area (Å²) in [6.07, 6.45) is 0.534. The molecule has 0 radical (unpaired) electrons. The summed E-state index contributed by atoms with van der Waals surface area (Å²) in [5, 5.41) is 3.78. The lowest BCUT2D eigenvalue weighted by molar-refractivity contribution is -0.131. The second-order valence-corrected chi connectivity index (χ2v) is 8.10. The van der Waals surface area contributed by atoms with Gasteiger partial charge in [0.05, 0.1) is 14.2 Å². The normalized spacial score (nSPS) is 10.5. The van der Waals surface area contributed by atoms with Gasteiger partial charge in [0.2, 0.25) is 5.91 Å². The van der Waals surface area contributed by atoms with Crippen LogP contribution in [0.5, 0.6) is 11.5 Å². The van der Waals surface area contributed by atoms with E-state index in [1.54, 1.807) is 37.3 Å². The van der Waals surface area contributed by atoms with Crippen molar-refractivity contribution >= 4 is 35.1 Å². The van der Waals surface area contributed by atoms with Crippen LogP contribution < -0.4 is 14.8 Å². The van der Waals surface area contributed by atoms with E-state index < -0.39 is 0 Å². The van der Waals surface area contributed by atoms with Gasteiger partial charge in [-0.3, -0.25) is 4.79 Å². The molecule has 0 saturated heterocycles. The van der Waals surface area contributed by atoms with E-state index in [0.29, 0.717) is 53.2 Å². The predicted octanol–water partition coefficient (Wildman–Crippen LogP) is 4.63. The Kier molecular flexibility index (Phi) is 10.6. The summed E-state index contributed by atoms with van der Waals surface area (Å²) in [7, 11) is 3.15. The fraction of sp³-hybridized carbons (Fsp3) is 0.417. The maximum atomic E-state index is 13.0. The van der Waals surface area contributed by atoms with E-state index in [2.05, 4.69) is 5.32 Å². The van der Waals surface area contributed by atoms with Crippen LogP contribution in [0.2, 0.25) is 10.0 Å². The number of methoxy groups -OCH3 is 2. The van der Waals surface area contributed by atoms with Gasteiger partial charge in [-0.05, 0) is 50.1 Å². The van der Waals surface area contributed by atoms with E-state index in [1.165, 1.54) is 4.90 Å². The van der Waals surface area contributed by atoms with Crippen LogP contribution in [-0.4, -0.2) is 62.1 Å². The smallest absolute Gasteiger partial charge is 0.318 e. The Bertz CT molecular complexity index is 931. The van der Waals surface area contributed by atoms with Crippen LogP contribution in [0.3, 0.4) is 0 Å². The molecule has 0 spiro atoms. The number of carbonyl (C=O) groups excluding carboxylic acids is 2. The third kappa shape index (κ3) is 7.44. The molecule has 0 atom stereocenters. The summed E-state index contributed by atoms with van der Waals surface area (Å²) >= 11 is 12.4. The number of rotatable bonds is 11. The molecule has 0 aliphatic rings. The number of hydrogen-bond acceptors (Lipinski definition) is 4. The van der Waals surface area contributed by atoms with Crippen molar-refractivity contribution in [3.05, 3.63) is 57.6 Å². The number of urea groups is 1. The molecule has 0 aliphatic heterocycles. The highest BCUT2D eigenvalue weighted by molar-refractivity contribution is 6.36. The Balaban J connectivity index is 2.15. The van der Waals surface area contributed by atoms with Crippen LogP contribution in [0.15, 0.2) is 36.4 Å². The number of carbonyl (C=O) groups is 2. The SMILES string of the molecule is CCN(CC)C(=O)CN(CCc1ccc(OC)c(OC)c1)C(=O)NCc1c(Cl)cccc1Cl. The molecule has 2 rings (SSSR count). The molecule has 2 aromatic carbocycles. The topological polar surface area (TPSA) is 71.1 Å². The molecule has 0 saturated carbocycles. The number of amides is 3. The van der Waals surface area contributed by atoms with Crippen molar-refractivity contribution in [3.63, 3.8) is 0 Å². The molecule has 180 valence electrons. The van der Waals surface area contributed by atoms with Gasteiger partial charge >= 0.3 is 6.03 Å². The first-order valence-corrected chi connectivity index (χ1v) is 11.5. The lowest BCUT2D eigenvalue weighted by Crippen LogP contribution is -2.47. The van der Waals surface area contributed by atoms with Crippen LogP contribution in [0, 0.1) is 0 Å². The van der Waals surface area contributed by atoms with Crippen molar-refractivity contribution in [2.45, 2.75) is 26.8 Å². The van der Waals surface area contributed by atoms with Crippen molar-refractivity contribution in [2.75, 3.05) is 40.4 Å². The van der Waals surface area contributed by atoms with Gasteiger partial charge in [-0.1, -0.05) is 35.3 Å². The number of nitrogens with one attached hydrogen (secondary N) is 1. The molecule has 2 aromatic rings. The summed E-state index contributed by atoms with van der Waals surface area (Å²) in [5.74, 6) is 1.13. The van der Waals surface area contributed by atoms with E-state index in [1.807, 2.05) is 32.0 Å². The summed E-state index contributed by atoms with van der Waals surface area (Å²) < 4.78 is 10.6. The number of halogens is 2. The molecular weight excluding hydrogens is 465 g/mol. The zero-order valence-electron chi connectivity index (χ0n) is 19.5. The van der Waals surface area contributed by atoms with Crippen molar-refractivity contribution in [1.29, 1.82) is 0 Å². The minimum absolute atomic E-state index is 0.0307. The standard InChI is InChI=1S/C24H31Cl2N3O4/c1-5-28(6-2)23(30)16-29(13-12-17-10-11-21(32-3)22(14-17)33-4)24(31)27-15-18-19(25)8-7-9-20(18)26/h7-11,14H,5-6,12-13,15-16H2,1-4H3,(H,27,31). The molecular formula is C24H31Cl2N3O4. The number of benzene rings is 2. The van der Waals surface area contributed by atoms with Crippen LogP contribution in [0.4, 0.5) is 4.79 Å². The van der Waals surface area contributed by atoms with Crippen molar-refractivity contribution < 1.29 is 19.1 Å². The van der Waals surface area contributed by atoms with Gasteiger partial charge in [-0.2, -0.15) is 0 Å². The highest BCUT2D eigenvalue weighted by Crippen LogP contribution is 2.28. The van der Waals surface area contributed by atoms with Gasteiger partial charge in [-0.15, -0.1) is 0 Å². The van der Waals surface area contributed by atoms with Crippen molar-refractivity contribution in [1.82, 2.24) is 15.1 Å². The van der Waals surface area contributed by atoms with Crippen LogP contribution >= 0.6 is 23.2 Å². The molecule has 0 aromatic heterocycles. The second-order valence-electron chi connectivity index (χ2n) is 7.29. The van der Waals surface area contributed by atoms with Gasteiger partial charge < -0.3 is 24.6 Å². The Hall–Kier alpha value is -2.64. The number of likely N-dealkylation sites (N-methyl/N-ethyl adjacent to an activating group) is 1. The Morgan fingerprint density at radius 2 is 1.58 bits per heavy atom. The van der Waals surface area contributed by atoms with Crippen LogP contribution in [0.25, 0.3) is 0 Å². The first-order valence-electron chi connectivity index (χ1n) is 10.8. The third-order valence-corrected chi connectivity index (χ3v) is 6.03. The number of nitrogens with zero attached hydrogens (tertiary/aromatic N) is 2. The molecule has 3 amide bonds. The Morgan fingerprint density at radius 3 is 2.15 bits per heavy atom. The summed E-state index contributed by atoms with van der Waals surface area (Å²) in [5.41, 5.74) is 1.58. The largest absolute Gasteiger partial charge is 0.493 e. The van der Waals surface area contributed by atoms with Gasteiger partial charge in [-0.25, -0.2) is 4.79 Å². The van der Waals surface area contributed by atoms with E-state index in [-0.39, 0.29) is 25.0 Å². The van der Waals surface area contributed by atoms with Gasteiger partial charge in [0, 0.05) is 41.8 Å². The number of ether oxygens (including phenoxy) is 2. The summed E-state index contributed by atoms with van der Waals surface area (Å²) in [6, 6.07) is 10.4. The van der Waals surface area contributed by atoms with Gasteiger partial charge in [0.15, 0.2) is 11.5 Å². The Labute approximate surface area is 205 Å². The van der Waals surface area contributed by atoms with Crippen molar-refractivity contribution in [3.8, 4) is 11.5 Å². The molecule has 7 nitrogen and oxygen atoms in total. The predicted molar refractivity (Wildman–Crippen MR) is 131 cm³/mol. The molecule has 9 heteroatoms. The molecule has 0 fully saturated rings. The van der Waals surface area contributed by atoms with Gasteiger partial charge in [0.1, 0.15) is 6.54 Å². The molecule has 1 N–H and O–H groups in total. The average Bonchev–Trinajstić information content (AvgIpc) is 2.81. The summed E-state index contributed by atoms with van der Waals surface area (Å²) in [4.78, 5) is 29.0. The molecule has 33 heavy (non-hydrogen) atoms. The maximum absolute atomic E-state index is 13.0. The highest BCUT2D eigenvalue weighted by Gasteiger charge is 2.21. The van der Waals surface area contributed by atoms with E-state index >= 15 is 0 Å². The quantitative estimate of drug-likeness (QED) is 0.493. The maximum Gasteiger partial charge on any atom is 0.318 e. The Morgan fingerprint density at radius 1 is 0.939 bits per heavy atom. The highest BCUT2D eigenvalue weighted by atomic mass is 35.5. The zero-order chi connectivity index (χ0) is 24.4. The minimum Gasteiger partial charge on any atom is -0.493 e. The van der Waals surface area contributed by atoms with Crippen LogP contribution in [-0.2, 0) is 17.8 Å². The first kappa shape index (κ1) is 26.6. The third-order valence-electron chi connectivity index (χ3n) is 5.33.